The van der Waals surface area contributed by atoms with E-state index in [4.69, 9.17) is 22.1 Å². The fourth-order valence-corrected chi connectivity index (χ4v) is 5.93. The van der Waals surface area contributed by atoms with Crippen LogP contribution in [0.15, 0.2) is 120 Å². The van der Waals surface area contributed by atoms with Crippen molar-refractivity contribution in [3.05, 3.63) is 143 Å². The number of rotatable bonds is 9. The van der Waals surface area contributed by atoms with Crippen LogP contribution in [-0.2, 0) is 17.8 Å². The number of amides is 1. The molecule has 0 unspecified atom stereocenters. The highest BCUT2D eigenvalue weighted by molar-refractivity contribution is 8.26. The third-order valence-corrected chi connectivity index (χ3v) is 8.19. The predicted octanol–water partition coefficient (Wildman–Crippen LogP) is 7.70. The minimum Gasteiger partial charge on any atom is -0.489 e. The van der Waals surface area contributed by atoms with Gasteiger partial charge in [0.05, 0.1) is 10.6 Å². The molecular formula is C34H26FN3O2S2. The minimum absolute atomic E-state index is 0.101. The summed E-state index contributed by atoms with van der Waals surface area (Å²) >= 11 is 6.91. The Balaban J connectivity index is 1.29. The van der Waals surface area contributed by atoms with Crippen molar-refractivity contribution in [1.29, 1.82) is 0 Å². The Morgan fingerprint density at radius 2 is 1.62 bits per heavy atom. The van der Waals surface area contributed by atoms with Crippen LogP contribution in [0.5, 0.6) is 5.75 Å². The molecule has 8 heteroatoms. The van der Waals surface area contributed by atoms with Gasteiger partial charge in [-0.2, -0.15) is 5.10 Å². The Kier molecular flexibility index (Phi) is 8.26. The molecule has 42 heavy (non-hydrogen) atoms. The summed E-state index contributed by atoms with van der Waals surface area (Å²) in [6.07, 6.45) is 4.52. The SMILES string of the molecule is O=C1/C(=C/c2cn(-c3ccccc3)nc2-c2cccc(OCc3ccc(F)cc3)c2)SC(=S)N1CCc1ccccc1. The van der Waals surface area contributed by atoms with Crippen molar-refractivity contribution in [1.82, 2.24) is 14.7 Å². The predicted molar refractivity (Wildman–Crippen MR) is 170 cm³/mol. The van der Waals surface area contributed by atoms with E-state index in [1.165, 1.54) is 23.9 Å². The second-order valence-electron chi connectivity index (χ2n) is 9.73. The molecule has 0 saturated carbocycles. The van der Waals surface area contributed by atoms with E-state index in [0.717, 1.165) is 34.4 Å². The van der Waals surface area contributed by atoms with Crippen LogP contribution in [0.3, 0.4) is 0 Å². The number of benzene rings is 4. The molecule has 0 radical (unpaired) electrons. The lowest BCUT2D eigenvalue weighted by Crippen LogP contribution is -2.30. The van der Waals surface area contributed by atoms with Crippen LogP contribution in [0, 0.1) is 5.82 Å². The first-order valence-corrected chi connectivity index (χ1v) is 14.7. The second-order valence-corrected chi connectivity index (χ2v) is 11.4. The summed E-state index contributed by atoms with van der Waals surface area (Å²) in [6, 6.07) is 33.8. The van der Waals surface area contributed by atoms with E-state index in [9.17, 15) is 9.18 Å². The van der Waals surface area contributed by atoms with Crippen LogP contribution < -0.4 is 4.74 Å². The number of nitrogens with zero attached hydrogens (tertiary/aromatic N) is 3. The van der Waals surface area contributed by atoms with Crippen LogP contribution in [0.4, 0.5) is 4.39 Å². The largest absolute Gasteiger partial charge is 0.489 e. The number of thioether (sulfide) groups is 1. The van der Waals surface area contributed by atoms with Gasteiger partial charge in [-0.1, -0.05) is 96.8 Å². The standard InChI is InChI=1S/C34H26FN3O2S2/c35-28-16-14-25(15-17-28)23-40-30-13-7-10-26(20-30)32-27(22-38(36-32)29-11-5-2-6-12-29)21-31-33(39)37(34(41)42-31)19-18-24-8-3-1-4-9-24/h1-17,20-22H,18-19,23H2/b31-21-. The summed E-state index contributed by atoms with van der Waals surface area (Å²) in [5.41, 5.74) is 5.26. The molecule has 0 atom stereocenters. The summed E-state index contributed by atoms with van der Waals surface area (Å²) in [5, 5.41) is 4.91. The Morgan fingerprint density at radius 1 is 0.881 bits per heavy atom. The number of thiocarbonyl (C=S) groups is 1. The topological polar surface area (TPSA) is 47.4 Å². The van der Waals surface area contributed by atoms with Crippen molar-refractivity contribution in [3.63, 3.8) is 0 Å². The highest BCUT2D eigenvalue weighted by Crippen LogP contribution is 2.35. The molecule has 0 N–H and O–H groups in total. The fourth-order valence-electron chi connectivity index (χ4n) is 4.63. The maximum atomic E-state index is 13.4. The van der Waals surface area contributed by atoms with Crippen molar-refractivity contribution in [3.8, 4) is 22.7 Å². The van der Waals surface area contributed by atoms with Gasteiger partial charge in [0.15, 0.2) is 0 Å². The fraction of sp³-hybridized carbons (Fsp3) is 0.0882. The summed E-state index contributed by atoms with van der Waals surface area (Å²) in [7, 11) is 0. The summed E-state index contributed by atoms with van der Waals surface area (Å²) in [4.78, 5) is 15.7. The van der Waals surface area contributed by atoms with Crippen LogP contribution in [0.2, 0.25) is 0 Å². The lowest BCUT2D eigenvalue weighted by Gasteiger charge is -2.14. The van der Waals surface area contributed by atoms with Crippen LogP contribution >= 0.6 is 24.0 Å². The quantitative estimate of drug-likeness (QED) is 0.130. The molecule has 0 spiro atoms. The average molecular weight is 592 g/mol. The molecule has 1 saturated heterocycles. The van der Waals surface area contributed by atoms with E-state index in [1.54, 1.807) is 17.0 Å². The lowest BCUT2D eigenvalue weighted by molar-refractivity contribution is -0.122. The van der Waals surface area contributed by atoms with Gasteiger partial charge in [0, 0.05) is 23.9 Å². The maximum Gasteiger partial charge on any atom is 0.266 e. The molecule has 5 nitrogen and oxygen atoms in total. The molecule has 4 aromatic carbocycles. The van der Waals surface area contributed by atoms with Gasteiger partial charge < -0.3 is 4.74 Å². The molecule has 0 aliphatic carbocycles. The Hall–Kier alpha value is -4.53. The zero-order chi connectivity index (χ0) is 28.9. The lowest BCUT2D eigenvalue weighted by atomic mass is 10.1. The molecule has 1 amide bonds. The molecule has 0 bridgehead atoms. The van der Waals surface area contributed by atoms with E-state index in [2.05, 4.69) is 12.1 Å². The monoisotopic (exact) mass is 591 g/mol. The number of halogens is 1. The first-order chi connectivity index (χ1) is 20.5. The number of hydrogen-bond acceptors (Lipinski definition) is 5. The number of hydrogen-bond donors (Lipinski definition) is 0. The smallest absolute Gasteiger partial charge is 0.266 e. The molecule has 2 heterocycles. The normalized spacial score (nSPS) is 14.1. The van der Waals surface area contributed by atoms with E-state index >= 15 is 0 Å². The number of carbonyl (C=O) groups excluding carboxylic acids is 1. The summed E-state index contributed by atoms with van der Waals surface area (Å²) in [5.74, 6) is 0.274. The van der Waals surface area contributed by atoms with E-state index in [1.807, 2.05) is 89.8 Å². The average Bonchev–Trinajstić information content (AvgIpc) is 3.56. The molecule has 208 valence electrons. The van der Waals surface area contributed by atoms with Crippen LogP contribution in [0.25, 0.3) is 23.0 Å². The number of carbonyl (C=O) groups is 1. The van der Waals surface area contributed by atoms with Gasteiger partial charge in [-0.3, -0.25) is 9.69 Å². The number of ether oxygens (including phenoxy) is 1. The summed E-state index contributed by atoms with van der Waals surface area (Å²) in [6.45, 7) is 0.829. The zero-order valence-corrected chi connectivity index (χ0v) is 24.2. The van der Waals surface area contributed by atoms with Gasteiger partial charge >= 0.3 is 0 Å². The van der Waals surface area contributed by atoms with Crippen LogP contribution in [0.1, 0.15) is 16.7 Å². The maximum absolute atomic E-state index is 13.4. The van der Waals surface area contributed by atoms with Gasteiger partial charge in [0.25, 0.3) is 5.91 Å². The zero-order valence-electron chi connectivity index (χ0n) is 22.5. The van der Waals surface area contributed by atoms with Gasteiger partial charge in [-0.25, -0.2) is 9.07 Å². The highest BCUT2D eigenvalue weighted by atomic mass is 32.2. The molecule has 1 aliphatic heterocycles. The second kappa shape index (κ2) is 12.5. The van der Waals surface area contributed by atoms with Gasteiger partial charge in [-0.05, 0) is 60.0 Å². The first-order valence-electron chi connectivity index (χ1n) is 13.5. The van der Waals surface area contributed by atoms with Gasteiger partial charge in [0.1, 0.15) is 28.2 Å². The first kappa shape index (κ1) is 27.6. The molecule has 1 aliphatic rings. The number of para-hydroxylation sites is 1. The number of aromatic nitrogens is 2. The molecule has 5 aromatic rings. The minimum atomic E-state index is -0.282. The van der Waals surface area contributed by atoms with Crippen molar-refractivity contribution < 1.29 is 13.9 Å². The molecule has 6 rings (SSSR count). The van der Waals surface area contributed by atoms with Crippen molar-refractivity contribution >= 4 is 40.3 Å². The highest BCUT2D eigenvalue weighted by Gasteiger charge is 2.32. The molecular weight excluding hydrogens is 566 g/mol. The Bertz CT molecular complexity index is 1750. The third kappa shape index (κ3) is 6.35. The van der Waals surface area contributed by atoms with E-state index < -0.39 is 0 Å². The molecule has 1 aromatic heterocycles. The summed E-state index contributed by atoms with van der Waals surface area (Å²) < 4.78 is 21.7. The van der Waals surface area contributed by atoms with Gasteiger partial charge in [0.2, 0.25) is 0 Å². The Labute approximate surface area is 253 Å². The van der Waals surface area contributed by atoms with E-state index in [-0.39, 0.29) is 11.7 Å². The third-order valence-electron chi connectivity index (χ3n) is 6.82. The van der Waals surface area contributed by atoms with Crippen LogP contribution in [-0.4, -0.2) is 31.5 Å². The van der Waals surface area contributed by atoms with Gasteiger partial charge in [-0.15, -0.1) is 0 Å². The van der Waals surface area contributed by atoms with E-state index in [0.29, 0.717) is 33.8 Å². The van der Waals surface area contributed by atoms with Crippen molar-refractivity contribution in [2.24, 2.45) is 0 Å². The molecule has 1 fully saturated rings. The van der Waals surface area contributed by atoms with Crippen molar-refractivity contribution in [2.45, 2.75) is 13.0 Å². The Morgan fingerprint density at radius 3 is 2.38 bits per heavy atom. The van der Waals surface area contributed by atoms with Crippen molar-refractivity contribution in [2.75, 3.05) is 6.54 Å².